The molecule has 4 nitrogen and oxygen atoms in total. The molecule has 0 aliphatic carbocycles. The van der Waals surface area contributed by atoms with E-state index in [1.807, 2.05) is 5.48 Å². The Bertz CT molecular complexity index is 164. The summed E-state index contributed by atoms with van der Waals surface area (Å²) in [7, 11) is 0. The second kappa shape index (κ2) is 2.82. The van der Waals surface area contributed by atoms with Gasteiger partial charge in [0, 0.05) is 6.20 Å². The number of nitrogens with one attached hydrogen (secondary N) is 2. The van der Waals surface area contributed by atoms with Gasteiger partial charge in [-0.2, -0.15) is 5.48 Å². The van der Waals surface area contributed by atoms with E-state index in [0.717, 1.165) is 0 Å². The lowest BCUT2D eigenvalue weighted by Gasteiger charge is -1.99. The summed E-state index contributed by atoms with van der Waals surface area (Å²) in [6, 6.07) is 0. The molecule has 1 aromatic heterocycles. The van der Waals surface area contributed by atoms with E-state index in [1.54, 1.807) is 6.20 Å². The van der Waals surface area contributed by atoms with Gasteiger partial charge in [-0.3, -0.25) is 0 Å². The van der Waals surface area contributed by atoms with Crippen molar-refractivity contribution in [2.45, 2.75) is 5.50 Å². The maximum Gasteiger partial charge on any atom is 0.149 e. The van der Waals surface area contributed by atoms with Gasteiger partial charge in [0.2, 0.25) is 0 Å². The topological polar surface area (TPSA) is 60.9 Å². The Labute approximate surface area is 56.8 Å². The van der Waals surface area contributed by atoms with E-state index in [-0.39, 0.29) is 0 Å². The summed E-state index contributed by atoms with van der Waals surface area (Å²) in [5.74, 6) is 0. The Balaban J connectivity index is 2.65. The Morgan fingerprint density at radius 2 is 2.67 bits per heavy atom. The summed E-state index contributed by atoms with van der Waals surface area (Å²) >= 11 is 5.49. The van der Waals surface area contributed by atoms with Gasteiger partial charge in [0.05, 0.1) is 12.0 Å². The van der Waals surface area contributed by atoms with E-state index in [4.69, 9.17) is 16.8 Å². The zero-order chi connectivity index (χ0) is 6.69. The lowest BCUT2D eigenvalue weighted by Crippen LogP contribution is -2.10. The molecule has 9 heavy (non-hydrogen) atoms. The molecule has 0 bridgehead atoms. The third-order valence-electron chi connectivity index (χ3n) is 0.892. The molecule has 0 aromatic carbocycles. The minimum absolute atomic E-state index is 0.569. The highest BCUT2D eigenvalue weighted by atomic mass is 35.5. The van der Waals surface area contributed by atoms with Gasteiger partial charge in [-0.05, 0) is 0 Å². The second-order valence-electron chi connectivity index (χ2n) is 1.49. The van der Waals surface area contributed by atoms with E-state index >= 15 is 0 Å². The SMILES string of the molecule is ONC(Cl)c1c[nH]cn1. The lowest BCUT2D eigenvalue weighted by molar-refractivity contribution is 0.154. The molecule has 1 atom stereocenters. The number of halogens is 1. The van der Waals surface area contributed by atoms with Crippen LogP contribution in [0, 0.1) is 0 Å². The maximum atomic E-state index is 8.27. The highest BCUT2D eigenvalue weighted by Crippen LogP contribution is 2.11. The first-order valence-corrected chi connectivity index (χ1v) is 2.80. The van der Waals surface area contributed by atoms with Gasteiger partial charge < -0.3 is 10.2 Å². The van der Waals surface area contributed by atoms with Crippen LogP contribution < -0.4 is 5.48 Å². The fourth-order valence-electron chi connectivity index (χ4n) is 0.476. The largest absolute Gasteiger partial charge is 0.351 e. The number of aromatic amines is 1. The highest BCUT2D eigenvalue weighted by molar-refractivity contribution is 6.20. The molecule has 0 amide bonds. The van der Waals surface area contributed by atoms with Crippen LogP contribution in [0.2, 0.25) is 0 Å². The van der Waals surface area contributed by atoms with Crippen molar-refractivity contribution < 1.29 is 5.21 Å². The van der Waals surface area contributed by atoms with E-state index in [2.05, 4.69) is 9.97 Å². The van der Waals surface area contributed by atoms with Gasteiger partial charge >= 0.3 is 0 Å². The number of imidazole rings is 1. The number of hydroxylamine groups is 1. The van der Waals surface area contributed by atoms with Crippen molar-refractivity contribution in [1.82, 2.24) is 15.4 Å². The zero-order valence-electron chi connectivity index (χ0n) is 4.50. The first-order chi connectivity index (χ1) is 4.34. The first kappa shape index (κ1) is 6.54. The van der Waals surface area contributed by atoms with Crippen LogP contribution >= 0.6 is 11.6 Å². The molecule has 0 aliphatic rings. The smallest absolute Gasteiger partial charge is 0.149 e. The second-order valence-corrected chi connectivity index (χ2v) is 1.92. The first-order valence-electron chi connectivity index (χ1n) is 2.37. The molecule has 0 spiro atoms. The normalized spacial score (nSPS) is 13.6. The van der Waals surface area contributed by atoms with E-state index < -0.39 is 5.50 Å². The van der Waals surface area contributed by atoms with Crippen LogP contribution in [0.15, 0.2) is 12.5 Å². The number of hydrogen-bond donors (Lipinski definition) is 3. The van der Waals surface area contributed by atoms with Crippen LogP contribution in [0.5, 0.6) is 0 Å². The molecule has 0 radical (unpaired) electrons. The van der Waals surface area contributed by atoms with E-state index in [0.29, 0.717) is 5.69 Å². The number of nitrogens with zero attached hydrogens (tertiary/aromatic N) is 1. The molecule has 0 aliphatic heterocycles. The molecule has 0 fully saturated rings. The minimum atomic E-state index is -0.628. The summed E-state index contributed by atoms with van der Waals surface area (Å²) in [5.41, 5.74) is 1.79. The van der Waals surface area contributed by atoms with Crippen molar-refractivity contribution in [2.75, 3.05) is 0 Å². The molecular formula is C4H6ClN3O. The van der Waals surface area contributed by atoms with Gasteiger partial charge in [0.15, 0.2) is 0 Å². The van der Waals surface area contributed by atoms with Crippen molar-refractivity contribution in [3.05, 3.63) is 18.2 Å². The Morgan fingerprint density at radius 3 is 3.11 bits per heavy atom. The third kappa shape index (κ3) is 1.41. The summed E-state index contributed by atoms with van der Waals surface area (Å²) in [6.45, 7) is 0. The average molecular weight is 148 g/mol. The maximum absolute atomic E-state index is 8.27. The Kier molecular flexibility index (Phi) is 2.05. The predicted molar refractivity (Wildman–Crippen MR) is 32.1 cm³/mol. The van der Waals surface area contributed by atoms with Crippen molar-refractivity contribution >= 4 is 11.6 Å². The van der Waals surface area contributed by atoms with Crippen LogP contribution in [0.25, 0.3) is 0 Å². The molecule has 3 N–H and O–H groups in total. The third-order valence-corrected chi connectivity index (χ3v) is 1.21. The van der Waals surface area contributed by atoms with Crippen LogP contribution in [0.4, 0.5) is 0 Å². The van der Waals surface area contributed by atoms with Crippen LogP contribution in [0.3, 0.4) is 0 Å². The number of alkyl halides is 1. The number of hydrogen-bond acceptors (Lipinski definition) is 3. The van der Waals surface area contributed by atoms with E-state index in [9.17, 15) is 0 Å². The fraction of sp³-hybridized carbons (Fsp3) is 0.250. The van der Waals surface area contributed by atoms with Crippen molar-refractivity contribution in [2.24, 2.45) is 0 Å². The molecule has 1 aromatic rings. The molecule has 0 saturated carbocycles. The average Bonchev–Trinajstić information content (AvgIpc) is 2.37. The predicted octanol–water partition coefficient (Wildman–Crippen LogP) is 0.626. The molecule has 1 heterocycles. The van der Waals surface area contributed by atoms with Crippen molar-refractivity contribution in [3.63, 3.8) is 0 Å². The van der Waals surface area contributed by atoms with Gasteiger partial charge in [-0.25, -0.2) is 4.98 Å². The van der Waals surface area contributed by atoms with Crippen LogP contribution in [-0.4, -0.2) is 15.2 Å². The van der Waals surface area contributed by atoms with Crippen molar-refractivity contribution in [1.29, 1.82) is 0 Å². The summed E-state index contributed by atoms with van der Waals surface area (Å²) in [6.07, 6.45) is 3.09. The van der Waals surface area contributed by atoms with Gasteiger partial charge in [-0.15, -0.1) is 0 Å². The molecule has 1 unspecified atom stereocenters. The zero-order valence-corrected chi connectivity index (χ0v) is 5.26. The standard InChI is InChI=1S/C4H6ClN3O/c5-4(8-9)3-1-6-2-7-3/h1-2,4,8-9H,(H,6,7). The van der Waals surface area contributed by atoms with Gasteiger partial charge in [0.1, 0.15) is 5.50 Å². The summed E-state index contributed by atoms with van der Waals surface area (Å²) in [4.78, 5) is 6.48. The minimum Gasteiger partial charge on any atom is -0.351 e. The van der Waals surface area contributed by atoms with Gasteiger partial charge in [0.25, 0.3) is 0 Å². The van der Waals surface area contributed by atoms with Crippen molar-refractivity contribution in [3.8, 4) is 0 Å². The van der Waals surface area contributed by atoms with E-state index in [1.165, 1.54) is 6.33 Å². The summed E-state index contributed by atoms with van der Waals surface area (Å²) in [5, 5.41) is 8.27. The lowest BCUT2D eigenvalue weighted by atomic mass is 10.5. The van der Waals surface area contributed by atoms with Crippen LogP contribution in [0.1, 0.15) is 11.2 Å². The number of rotatable bonds is 2. The molecule has 5 heteroatoms. The highest BCUT2D eigenvalue weighted by Gasteiger charge is 2.05. The Hall–Kier alpha value is -0.580. The van der Waals surface area contributed by atoms with Crippen LogP contribution in [-0.2, 0) is 0 Å². The van der Waals surface area contributed by atoms with Gasteiger partial charge in [-0.1, -0.05) is 11.6 Å². The number of aromatic nitrogens is 2. The summed E-state index contributed by atoms with van der Waals surface area (Å²) < 4.78 is 0. The fourth-order valence-corrected chi connectivity index (χ4v) is 0.596. The molecule has 0 saturated heterocycles. The quantitative estimate of drug-likeness (QED) is 0.327. The molecule has 1 rings (SSSR count). The number of H-pyrrole nitrogens is 1. The molecular weight excluding hydrogens is 142 g/mol. The molecule has 50 valence electrons. The monoisotopic (exact) mass is 147 g/mol. The Morgan fingerprint density at radius 1 is 1.89 bits per heavy atom.